The molecule has 0 saturated heterocycles. The molecule has 1 saturated carbocycles. The minimum Gasteiger partial charge on any atom is -0.308 e. The standard InChI is InChI=1S/C23H27BrN2O3S/c1-17-15-18-7-5-6-10-22(18)26(17)23(27)16-25(20-8-3-2-4-9-20)30(28,29)21-13-11-19(24)12-14-21/h5-7,10-14,17,20H,2-4,8-9,15-16H2,1H3. The van der Waals surface area contributed by atoms with Crippen molar-refractivity contribution in [3.8, 4) is 0 Å². The third kappa shape index (κ3) is 4.20. The Morgan fingerprint density at radius 1 is 1.07 bits per heavy atom. The number of halogens is 1. The molecule has 1 unspecified atom stereocenters. The van der Waals surface area contributed by atoms with Gasteiger partial charge in [-0.1, -0.05) is 53.4 Å². The average Bonchev–Trinajstić information content (AvgIpc) is 3.08. The van der Waals surface area contributed by atoms with Gasteiger partial charge in [0.1, 0.15) is 0 Å². The molecule has 0 N–H and O–H groups in total. The lowest BCUT2D eigenvalue weighted by Crippen LogP contribution is -2.49. The van der Waals surface area contributed by atoms with Gasteiger partial charge in [0.15, 0.2) is 0 Å². The molecule has 2 aliphatic rings. The molecule has 2 aromatic carbocycles. The van der Waals surface area contributed by atoms with E-state index in [-0.39, 0.29) is 29.4 Å². The van der Waals surface area contributed by atoms with Crippen molar-refractivity contribution >= 4 is 37.5 Å². The number of benzene rings is 2. The summed E-state index contributed by atoms with van der Waals surface area (Å²) in [6.45, 7) is 1.90. The summed E-state index contributed by atoms with van der Waals surface area (Å²) in [5, 5.41) is 0. The summed E-state index contributed by atoms with van der Waals surface area (Å²) in [7, 11) is -3.77. The van der Waals surface area contributed by atoms with E-state index in [1.807, 2.05) is 31.2 Å². The second kappa shape index (κ2) is 8.81. The number of hydrogen-bond donors (Lipinski definition) is 0. The van der Waals surface area contributed by atoms with Crippen molar-refractivity contribution in [3.05, 3.63) is 58.6 Å². The zero-order valence-electron chi connectivity index (χ0n) is 17.1. The summed E-state index contributed by atoms with van der Waals surface area (Å²) >= 11 is 3.36. The summed E-state index contributed by atoms with van der Waals surface area (Å²) in [6, 6.07) is 14.4. The van der Waals surface area contributed by atoms with E-state index in [1.165, 1.54) is 4.31 Å². The molecule has 1 aliphatic carbocycles. The van der Waals surface area contributed by atoms with Gasteiger partial charge < -0.3 is 4.90 Å². The Bertz CT molecular complexity index is 1020. The van der Waals surface area contributed by atoms with Gasteiger partial charge in [0.2, 0.25) is 15.9 Å². The van der Waals surface area contributed by atoms with Gasteiger partial charge in [0.05, 0.1) is 11.4 Å². The molecule has 4 rings (SSSR count). The van der Waals surface area contributed by atoms with Gasteiger partial charge in [0, 0.05) is 22.2 Å². The maximum Gasteiger partial charge on any atom is 0.243 e. The third-order valence-electron chi connectivity index (χ3n) is 6.17. The molecule has 1 heterocycles. The van der Waals surface area contributed by atoms with Crippen molar-refractivity contribution in [2.75, 3.05) is 11.4 Å². The van der Waals surface area contributed by atoms with E-state index in [4.69, 9.17) is 0 Å². The number of fused-ring (bicyclic) bond motifs is 1. The number of para-hydroxylation sites is 1. The zero-order chi connectivity index (χ0) is 21.3. The van der Waals surface area contributed by atoms with Gasteiger partial charge in [-0.05, 0) is 62.1 Å². The lowest BCUT2D eigenvalue weighted by Gasteiger charge is -2.34. The predicted molar refractivity (Wildman–Crippen MR) is 122 cm³/mol. The van der Waals surface area contributed by atoms with Crippen LogP contribution in [0.15, 0.2) is 57.9 Å². The van der Waals surface area contributed by atoms with Crippen molar-refractivity contribution in [1.82, 2.24) is 4.31 Å². The SMILES string of the molecule is CC1Cc2ccccc2N1C(=O)CN(C1CCCCC1)S(=O)(=O)c1ccc(Br)cc1. The van der Waals surface area contributed by atoms with Crippen LogP contribution < -0.4 is 4.90 Å². The zero-order valence-corrected chi connectivity index (χ0v) is 19.5. The molecule has 1 amide bonds. The Labute approximate surface area is 187 Å². The highest BCUT2D eigenvalue weighted by atomic mass is 79.9. The van der Waals surface area contributed by atoms with Crippen LogP contribution in [0.25, 0.3) is 0 Å². The molecule has 1 aliphatic heterocycles. The van der Waals surface area contributed by atoms with Crippen LogP contribution in [-0.2, 0) is 21.2 Å². The second-order valence-corrected chi connectivity index (χ2v) is 11.0. The van der Waals surface area contributed by atoms with E-state index in [2.05, 4.69) is 15.9 Å². The van der Waals surface area contributed by atoms with Gasteiger partial charge >= 0.3 is 0 Å². The number of sulfonamides is 1. The highest BCUT2D eigenvalue weighted by Crippen LogP contribution is 2.33. The molecule has 0 radical (unpaired) electrons. The first-order chi connectivity index (χ1) is 14.4. The monoisotopic (exact) mass is 490 g/mol. The van der Waals surface area contributed by atoms with Crippen molar-refractivity contribution in [3.63, 3.8) is 0 Å². The molecular weight excluding hydrogens is 464 g/mol. The fourth-order valence-electron chi connectivity index (χ4n) is 4.68. The molecule has 160 valence electrons. The topological polar surface area (TPSA) is 57.7 Å². The summed E-state index contributed by atoms with van der Waals surface area (Å²) in [6.07, 6.45) is 5.50. The Morgan fingerprint density at radius 3 is 2.43 bits per heavy atom. The van der Waals surface area contributed by atoms with Gasteiger partial charge in [-0.15, -0.1) is 0 Å². The maximum absolute atomic E-state index is 13.6. The largest absolute Gasteiger partial charge is 0.308 e. The quantitative estimate of drug-likeness (QED) is 0.607. The van der Waals surface area contributed by atoms with Gasteiger partial charge in [-0.3, -0.25) is 4.79 Å². The Morgan fingerprint density at radius 2 is 1.73 bits per heavy atom. The van der Waals surface area contributed by atoms with Gasteiger partial charge in [-0.2, -0.15) is 4.31 Å². The number of hydrogen-bond acceptors (Lipinski definition) is 3. The molecule has 2 aromatic rings. The fraction of sp³-hybridized carbons (Fsp3) is 0.435. The maximum atomic E-state index is 13.6. The lowest BCUT2D eigenvalue weighted by atomic mass is 9.95. The Balaban J connectivity index is 1.65. The lowest BCUT2D eigenvalue weighted by molar-refractivity contribution is -0.119. The van der Waals surface area contributed by atoms with Crippen LogP contribution in [0.2, 0.25) is 0 Å². The van der Waals surface area contributed by atoms with E-state index in [0.29, 0.717) is 0 Å². The number of carbonyl (C=O) groups excluding carboxylic acids is 1. The highest BCUT2D eigenvalue weighted by molar-refractivity contribution is 9.10. The molecule has 30 heavy (non-hydrogen) atoms. The number of anilines is 1. The van der Waals surface area contributed by atoms with E-state index < -0.39 is 10.0 Å². The van der Waals surface area contributed by atoms with Gasteiger partial charge in [-0.25, -0.2) is 8.42 Å². The molecule has 0 bridgehead atoms. The molecule has 0 aromatic heterocycles. The molecule has 1 atom stereocenters. The molecular formula is C23H27BrN2O3S. The van der Waals surface area contributed by atoms with Crippen LogP contribution in [0.3, 0.4) is 0 Å². The van der Waals surface area contributed by atoms with Crippen LogP contribution in [0.1, 0.15) is 44.6 Å². The first-order valence-corrected chi connectivity index (χ1v) is 12.8. The molecule has 5 nitrogen and oxygen atoms in total. The molecule has 1 fully saturated rings. The van der Waals surface area contributed by atoms with Gasteiger partial charge in [0.25, 0.3) is 0 Å². The first kappa shape index (κ1) is 21.5. The van der Waals surface area contributed by atoms with Crippen molar-refractivity contribution in [1.29, 1.82) is 0 Å². The second-order valence-electron chi connectivity index (χ2n) is 8.24. The Kier molecular flexibility index (Phi) is 6.32. The van der Waals surface area contributed by atoms with Crippen LogP contribution in [0.5, 0.6) is 0 Å². The minimum atomic E-state index is -3.77. The number of nitrogens with zero attached hydrogens (tertiary/aromatic N) is 2. The smallest absolute Gasteiger partial charge is 0.243 e. The van der Waals surface area contributed by atoms with Crippen molar-refractivity contribution < 1.29 is 13.2 Å². The Hall–Kier alpha value is -1.70. The van der Waals surface area contributed by atoms with E-state index in [1.54, 1.807) is 29.2 Å². The van der Waals surface area contributed by atoms with E-state index in [0.717, 1.165) is 54.2 Å². The van der Waals surface area contributed by atoms with Crippen molar-refractivity contribution in [2.45, 2.75) is 62.4 Å². The predicted octanol–water partition coefficient (Wildman–Crippen LogP) is 4.75. The fourth-order valence-corrected chi connectivity index (χ4v) is 6.58. The normalized spacial score (nSPS) is 19.8. The molecule has 0 spiro atoms. The average molecular weight is 491 g/mol. The number of carbonyl (C=O) groups is 1. The van der Waals surface area contributed by atoms with Crippen LogP contribution in [0, 0.1) is 0 Å². The van der Waals surface area contributed by atoms with E-state index >= 15 is 0 Å². The third-order valence-corrected chi connectivity index (χ3v) is 8.61. The van der Waals surface area contributed by atoms with Crippen molar-refractivity contribution in [2.24, 2.45) is 0 Å². The number of amides is 1. The number of rotatable bonds is 5. The van der Waals surface area contributed by atoms with Crippen LogP contribution in [0.4, 0.5) is 5.69 Å². The highest BCUT2D eigenvalue weighted by Gasteiger charge is 2.37. The van der Waals surface area contributed by atoms with Crippen LogP contribution in [-0.4, -0.2) is 37.3 Å². The summed E-state index contributed by atoms with van der Waals surface area (Å²) in [5.41, 5.74) is 2.04. The van der Waals surface area contributed by atoms with Crippen LogP contribution >= 0.6 is 15.9 Å². The summed E-state index contributed by atoms with van der Waals surface area (Å²) in [4.78, 5) is 15.4. The summed E-state index contributed by atoms with van der Waals surface area (Å²) in [5.74, 6) is -0.154. The minimum absolute atomic E-state index is 0.0264. The van der Waals surface area contributed by atoms with E-state index in [9.17, 15) is 13.2 Å². The molecule has 7 heteroatoms. The first-order valence-electron chi connectivity index (χ1n) is 10.6. The summed E-state index contributed by atoms with van der Waals surface area (Å²) < 4.78 is 29.4.